The summed E-state index contributed by atoms with van der Waals surface area (Å²) in [6, 6.07) is -0.990. The molecule has 0 unspecified atom stereocenters. The molecule has 0 spiro atoms. The summed E-state index contributed by atoms with van der Waals surface area (Å²) in [5.74, 6) is -1.16. The Morgan fingerprint density at radius 3 is 2.24 bits per heavy atom. The molecule has 2 rings (SSSR count). The van der Waals surface area contributed by atoms with Crippen LogP contribution in [0.4, 0.5) is 0 Å². The Morgan fingerprint density at radius 1 is 0.941 bits per heavy atom. The van der Waals surface area contributed by atoms with Crippen molar-refractivity contribution in [3.63, 3.8) is 0 Å². The van der Waals surface area contributed by atoms with Gasteiger partial charge in [-0.15, -0.1) is 0 Å². The number of aliphatic hydroxyl groups is 6. The number of carbonyl (C=O) groups is 1. The van der Waals surface area contributed by atoms with Crippen LogP contribution in [0.15, 0.2) is 0 Å². The maximum atomic E-state index is 11.8. The zero-order valence-electron chi connectivity index (χ0n) is 20.2. The summed E-state index contributed by atoms with van der Waals surface area (Å²) < 4.78 is 17.5. The molecule has 11 heteroatoms. The molecule has 1 saturated carbocycles. The van der Waals surface area contributed by atoms with E-state index < -0.39 is 80.1 Å². The predicted octanol–water partition coefficient (Wildman–Crippen LogP) is -1.20. The lowest BCUT2D eigenvalue weighted by atomic mass is 9.81. The number of aliphatic hydroxyl groups excluding tert-OH is 6. The molecular weight excluding hydrogens is 450 g/mol. The first kappa shape index (κ1) is 29.3. The van der Waals surface area contributed by atoms with Gasteiger partial charge in [0.1, 0.15) is 36.6 Å². The first-order chi connectivity index (χ1) is 16.2. The second-order valence-corrected chi connectivity index (χ2v) is 9.37. The topological polar surface area (TPSA) is 178 Å². The third-order valence-corrected chi connectivity index (χ3v) is 6.67. The predicted molar refractivity (Wildman–Crippen MR) is 121 cm³/mol. The Kier molecular flexibility index (Phi) is 12.6. The number of hydrogen-bond acceptors (Lipinski definition) is 10. The van der Waals surface area contributed by atoms with E-state index in [1.54, 1.807) is 0 Å². The minimum absolute atomic E-state index is 0.0139. The molecule has 0 aromatic heterocycles. The van der Waals surface area contributed by atoms with Crippen molar-refractivity contribution in [3.05, 3.63) is 0 Å². The molecule has 0 radical (unpaired) electrons. The Balaban J connectivity index is 2.05. The molecule has 10 atom stereocenters. The summed E-state index contributed by atoms with van der Waals surface area (Å²) in [5, 5.41) is 63.6. The summed E-state index contributed by atoms with van der Waals surface area (Å²) in [5.41, 5.74) is 0. The molecule has 200 valence electrons. The summed E-state index contributed by atoms with van der Waals surface area (Å²) in [7, 11) is 0. The van der Waals surface area contributed by atoms with Crippen molar-refractivity contribution in [3.8, 4) is 0 Å². The number of hydrogen-bond donors (Lipinski definition) is 7. The molecule has 34 heavy (non-hydrogen) atoms. The molecule has 1 aliphatic heterocycles. The molecule has 0 bridgehead atoms. The SMILES string of the molecule is CCCCCCCCO[C@@H]1O[C@H](CO)[C@@H](O[C@@H]2C[C@H](CO)[C@H](O)[C@H](O)[C@H]2O)[C@H](O)[C@H]1NC(C)=O. The van der Waals surface area contributed by atoms with E-state index in [-0.39, 0.29) is 6.42 Å². The van der Waals surface area contributed by atoms with Crippen molar-refractivity contribution >= 4 is 5.91 Å². The molecule has 7 N–H and O–H groups in total. The maximum absolute atomic E-state index is 11.8. The van der Waals surface area contributed by atoms with Crippen LogP contribution in [0.1, 0.15) is 58.8 Å². The fourth-order valence-electron chi connectivity index (χ4n) is 4.65. The summed E-state index contributed by atoms with van der Waals surface area (Å²) in [6.45, 7) is 2.84. The van der Waals surface area contributed by atoms with Gasteiger partial charge in [0.15, 0.2) is 6.29 Å². The molecule has 1 heterocycles. The molecule has 2 aliphatic rings. The number of amides is 1. The summed E-state index contributed by atoms with van der Waals surface area (Å²) >= 11 is 0. The highest BCUT2D eigenvalue weighted by atomic mass is 16.7. The number of carbonyl (C=O) groups excluding carboxylic acids is 1. The van der Waals surface area contributed by atoms with Crippen LogP contribution in [-0.2, 0) is 19.0 Å². The van der Waals surface area contributed by atoms with Crippen LogP contribution in [0.5, 0.6) is 0 Å². The third-order valence-electron chi connectivity index (χ3n) is 6.67. The molecular formula is C23H43NO10. The number of rotatable bonds is 13. The van der Waals surface area contributed by atoms with E-state index in [0.717, 1.165) is 32.1 Å². The van der Waals surface area contributed by atoms with E-state index in [1.165, 1.54) is 13.3 Å². The first-order valence-corrected chi connectivity index (χ1v) is 12.4. The van der Waals surface area contributed by atoms with E-state index >= 15 is 0 Å². The van der Waals surface area contributed by atoms with Gasteiger partial charge < -0.3 is 50.2 Å². The Bertz CT molecular complexity index is 594. The lowest BCUT2D eigenvalue weighted by Crippen LogP contribution is -2.67. The highest BCUT2D eigenvalue weighted by Gasteiger charge is 2.50. The van der Waals surface area contributed by atoms with Crippen LogP contribution in [0, 0.1) is 5.92 Å². The average molecular weight is 494 g/mol. The Hall–Kier alpha value is -0.890. The first-order valence-electron chi connectivity index (χ1n) is 12.4. The van der Waals surface area contributed by atoms with Crippen molar-refractivity contribution in [1.82, 2.24) is 5.32 Å². The zero-order valence-corrected chi connectivity index (χ0v) is 20.2. The quantitative estimate of drug-likeness (QED) is 0.154. The van der Waals surface area contributed by atoms with Gasteiger partial charge in [0, 0.05) is 26.1 Å². The largest absolute Gasteiger partial charge is 0.396 e. The van der Waals surface area contributed by atoms with Crippen LogP contribution in [0.25, 0.3) is 0 Å². The Labute approximate surface area is 201 Å². The maximum Gasteiger partial charge on any atom is 0.217 e. The van der Waals surface area contributed by atoms with Gasteiger partial charge in [0.05, 0.1) is 18.8 Å². The fourth-order valence-corrected chi connectivity index (χ4v) is 4.65. The van der Waals surface area contributed by atoms with Crippen molar-refractivity contribution < 1.29 is 49.6 Å². The van der Waals surface area contributed by atoms with Crippen molar-refractivity contribution in [2.24, 2.45) is 5.92 Å². The molecule has 1 aliphatic carbocycles. The van der Waals surface area contributed by atoms with E-state index in [2.05, 4.69) is 12.2 Å². The lowest BCUT2D eigenvalue weighted by Gasteiger charge is -2.47. The molecule has 1 amide bonds. The van der Waals surface area contributed by atoms with Gasteiger partial charge in [-0.1, -0.05) is 39.0 Å². The number of unbranched alkanes of at least 4 members (excludes halogenated alkanes) is 5. The zero-order chi connectivity index (χ0) is 25.3. The minimum Gasteiger partial charge on any atom is -0.396 e. The van der Waals surface area contributed by atoms with Crippen LogP contribution in [-0.4, -0.2) is 111 Å². The van der Waals surface area contributed by atoms with Gasteiger partial charge in [0.25, 0.3) is 0 Å². The van der Waals surface area contributed by atoms with E-state index in [0.29, 0.717) is 6.61 Å². The van der Waals surface area contributed by atoms with E-state index in [9.17, 15) is 35.4 Å². The van der Waals surface area contributed by atoms with Crippen molar-refractivity contribution in [1.29, 1.82) is 0 Å². The van der Waals surface area contributed by atoms with Crippen LogP contribution in [0.3, 0.4) is 0 Å². The fraction of sp³-hybridized carbons (Fsp3) is 0.957. The van der Waals surface area contributed by atoms with Crippen LogP contribution < -0.4 is 5.32 Å². The third kappa shape index (κ3) is 7.81. The lowest BCUT2D eigenvalue weighted by molar-refractivity contribution is -0.296. The number of ether oxygens (including phenoxy) is 3. The molecule has 0 aromatic carbocycles. The highest BCUT2D eigenvalue weighted by molar-refractivity contribution is 5.73. The van der Waals surface area contributed by atoms with E-state index in [4.69, 9.17) is 14.2 Å². The van der Waals surface area contributed by atoms with E-state index in [1.807, 2.05) is 0 Å². The van der Waals surface area contributed by atoms with Crippen LogP contribution >= 0.6 is 0 Å². The second kappa shape index (κ2) is 14.6. The molecule has 2 fully saturated rings. The smallest absolute Gasteiger partial charge is 0.217 e. The van der Waals surface area contributed by atoms with Gasteiger partial charge in [-0.05, 0) is 12.8 Å². The second-order valence-electron chi connectivity index (χ2n) is 9.37. The average Bonchev–Trinajstić information content (AvgIpc) is 2.81. The van der Waals surface area contributed by atoms with Crippen molar-refractivity contribution in [2.75, 3.05) is 19.8 Å². The number of nitrogens with one attached hydrogen (secondary N) is 1. The van der Waals surface area contributed by atoms with Crippen molar-refractivity contribution in [2.45, 2.75) is 114 Å². The standard InChI is InChI=1S/C23H43NO10/c1-3-4-5-6-7-8-9-32-23-17(24-13(2)27)20(30)22(16(12-26)34-23)33-15-10-14(11-25)18(28)21(31)19(15)29/h14-23,25-26,28-31H,3-12H2,1-2H3,(H,24,27)/t14-,15-,16-,17-,18+,19+,20-,21+,22-,23-/m1/s1. The highest BCUT2D eigenvalue weighted by Crippen LogP contribution is 2.32. The molecule has 11 nitrogen and oxygen atoms in total. The Morgan fingerprint density at radius 2 is 1.62 bits per heavy atom. The minimum atomic E-state index is -1.55. The summed E-state index contributed by atoms with van der Waals surface area (Å²) in [6.07, 6.45) is -3.60. The van der Waals surface area contributed by atoms with Gasteiger partial charge >= 0.3 is 0 Å². The van der Waals surface area contributed by atoms with Gasteiger partial charge in [0.2, 0.25) is 5.91 Å². The van der Waals surface area contributed by atoms with Gasteiger partial charge in [-0.3, -0.25) is 4.79 Å². The van der Waals surface area contributed by atoms with Gasteiger partial charge in [-0.25, -0.2) is 0 Å². The molecule has 0 aromatic rings. The van der Waals surface area contributed by atoms with Crippen LogP contribution in [0.2, 0.25) is 0 Å². The monoisotopic (exact) mass is 493 g/mol. The summed E-state index contributed by atoms with van der Waals surface area (Å²) in [4.78, 5) is 11.8. The molecule has 1 saturated heterocycles. The normalized spacial score (nSPS) is 38.6. The van der Waals surface area contributed by atoms with Gasteiger partial charge in [-0.2, -0.15) is 0 Å².